The molecule has 1 aromatic heterocycles. The predicted molar refractivity (Wildman–Crippen MR) is 55.3 cm³/mol. The van der Waals surface area contributed by atoms with Crippen LogP contribution in [0, 0.1) is 11.3 Å². The number of rotatable bonds is 0. The van der Waals surface area contributed by atoms with Gasteiger partial charge in [0.1, 0.15) is 6.07 Å². The number of nitrogens with zero attached hydrogens (tertiary/aromatic N) is 2. The van der Waals surface area contributed by atoms with Gasteiger partial charge in [-0.2, -0.15) is 5.26 Å². The largest absolute Gasteiger partial charge is 0.243 e. The quantitative estimate of drug-likeness (QED) is 0.713. The van der Waals surface area contributed by atoms with E-state index in [-0.39, 0.29) is 0 Å². The second-order valence-electron chi connectivity index (χ2n) is 1.63. The summed E-state index contributed by atoms with van der Waals surface area (Å²) >= 11 is 7.24. The maximum Gasteiger partial charge on any atom is 0.153 e. The van der Waals surface area contributed by atoms with E-state index in [1.54, 1.807) is 12.3 Å². The fourth-order valence-corrected chi connectivity index (χ4v) is 1.27. The van der Waals surface area contributed by atoms with Gasteiger partial charge in [0.25, 0.3) is 0 Å². The second kappa shape index (κ2) is 6.04. The average Bonchev–Trinajstić information content (AvgIpc) is 2.08. The van der Waals surface area contributed by atoms with Crippen LogP contribution in [0.1, 0.15) is 19.5 Å². The molecule has 1 rings (SSSR count). The smallest absolute Gasteiger partial charge is 0.153 e. The molecule has 0 saturated carbocycles. The van der Waals surface area contributed by atoms with Gasteiger partial charge in [0, 0.05) is 15.6 Å². The van der Waals surface area contributed by atoms with Crippen molar-refractivity contribution in [2.75, 3.05) is 0 Å². The van der Waals surface area contributed by atoms with Crippen LogP contribution in [0.5, 0.6) is 0 Å². The number of thiol groups is 1. The van der Waals surface area contributed by atoms with Gasteiger partial charge in [-0.1, -0.05) is 13.8 Å². The van der Waals surface area contributed by atoms with Gasteiger partial charge in [0.05, 0.1) is 0 Å². The zero-order valence-corrected chi connectivity index (χ0v) is 9.35. The van der Waals surface area contributed by atoms with Crippen LogP contribution >= 0.6 is 28.6 Å². The minimum Gasteiger partial charge on any atom is -0.243 e. The summed E-state index contributed by atoms with van der Waals surface area (Å²) < 4.78 is 0.830. The number of halogens is 1. The normalized spacial score (nSPS) is 7.92. The summed E-state index contributed by atoms with van der Waals surface area (Å²) in [4.78, 5) is 4.41. The van der Waals surface area contributed by atoms with Crippen LogP contribution in [-0.4, -0.2) is 4.98 Å². The lowest BCUT2D eigenvalue weighted by molar-refractivity contribution is 1.17. The highest BCUT2D eigenvalue weighted by Crippen LogP contribution is 2.15. The number of pyridine rings is 1. The Balaban J connectivity index is 0.000000561. The van der Waals surface area contributed by atoms with E-state index < -0.39 is 0 Å². The molecular formula is C8H9BrN2S. The molecule has 0 aliphatic rings. The number of hydrogen-bond acceptors (Lipinski definition) is 3. The van der Waals surface area contributed by atoms with E-state index in [1.165, 1.54) is 0 Å². The first-order valence-electron chi connectivity index (χ1n) is 3.48. The van der Waals surface area contributed by atoms with E-state index >= 15 is 0 Å². The molecule has 1 aromatic rings. The van der Waals surface area contributed by atoms with Crippen LogP contribution in [0.3, 0.4) is 0 Å². The summed E-state index contributed by atoms with van der Waals surface area (Å²) in [5.41, 5.74) is 0.353. The van der Waals surface area contributed by atoms with Crippen LogP contribution in [0.4, 0.5) is 0 Å². The van der Waals surface area contributed by atoms with Crippen molar-refractivity contribution in [3.63, 3.8) is 0 Å². The van der Waals surface area contributed by atoms with Gasteiger partial charge in [-0.15, -0.1) is 12.6 Å². The molecule has 0 N–H and O–H groups in total. The van der Waals surface area contributed by atoms with E-state index in [0.717, 1.165) is 4.47 Å². The zero-order valence-electron chi connectivity index (χ0n) is 6.87. The van der Waals surface area contributed by atoms with E-state index in [9.17, 15) is 0 Å². The van der Waals surface area contributed by atoms with Crippen molar-refractivity contribution < 1.29 is 0 Å². The Morgan fingerprint density at radius 1 is 1.58 bits per heavy atom. The maximum absolute atomic E-state index is 8.43. The number of nitriles is 1. The predicted octanol–water partition coefficient (Wildman–Crippen LogP) is 3.03. The Kier molecular flexibility index (Phi) is 5.77. The minimum absolute atomic E-state index is 0.353. The summed E-state index contributed by atoms with van der Waals surface area (Å²) in [6.07, 6.45) is 1.57. The standard InChI is InChI=1S/C6H3BrN2S.C2H6/c7-4-1-6(10)5(2-8)9-3-4;1-2/h1,3,10H;1-2H3. The molecule has 2 nitrogen and oxygen atoms in total. The molecule has 0 amide bonds. The van der Waals surface area contributed by atoms with Crippen LogP contribution in [0.2, 0.25) is 0 Å². The van der Waals surface area contributed by atoms with Gasteiger partial charge in [0.2, 0.25) is 0 Å². The molecule has 0 radical (unpaired) electrons. The fraction of sp³-hybridized carbons (Fsp3) is 0.250. The van der Waals surface area contributed by atoms with Gasteiger partial charge in [-0.3, -0.25) is 0 Å². The molecule has 12 heavy (non-hydrogen) atoms. The third-order valence-corrected chi connectivity index (χ3v) is 1.71. The second-order valence-corrected chi connectivity index (χ2v) is 3.03. The molecule has 64 valence electrons. The van der Waals surface area contributed by atoms with Gasteiger partial charge in [-0.05, 0) is 22.0 Å². The lowest BCUT2D eigenvalue weighted by Gasteiger charge is -1.93. The monoisotopic (exact) mass is 244 g/mol. The van der Waals surface area contributed by atoms with E-state index in [0.29, 0.717) is 10.6 Å². The molecule has 0 fully saturated rings. The van der Waals surface area contributed by atoms with Crippen molar-refractivity contribution in [2.45, 2.75) is 18.7 Å². The van der Waals surface area contributed by atoms with E-state index in [1.807, 2.05) is 19.9 Å². The Hall–Kier alpha value is -0.530. The lowest BCUT2D eigenvalue weighted by atomic mass is 10.4. The third-order valence-electron chi connectivity index (χ3n) is 0.940. The fourth-order valence-electron chi connectivity index (χ4n) is 0.515. The molecule has 0 aliphatic carbocycles. The van der Waals surface area contributed by atoms with Crippen molar-refractivity contribution in [2.24, 2.45) is 0 Å². The molecule has 4 heteroatoms. The zero-order chi connectivity index (χ0) is 9.56. The summed E-state index contributed by atoms with van der Waals surface area (Å²) in [7, 11) is 0. The molecule has 0 spiro atoms. The molecule has 0 unspecified atom stereocenters. The highest BCUT2D eigenvalue weighted by molar-refractivity contribution is 9.10. The van der Waals surface area contributed by atoms with Crippen molar-refractivity contribution in [3.05, 3.63) is 22.4 Å². The third kappa shape index (κ3) is 3.24. The SMILES string of the molecule is CC.N#Cc1ncc(Br)cc1S. The number of hydrogen-bond donors (Lipinski definition) is 1. The number of aromatic nitrogens is 1. The Morgan fingerprint density at radius 2 is 2.17 bits per heavy atom. The van der Waals surface area contributed by atoms with Gasteiger partial charge >= 0.3 is 0 Å². The molecule has 0 aliphatic heterocycles. The van der Waals surface area contributed by atoms with E-state index in [2.05, 4.69) is 33.5 Å². The van der Waals surface area contributed by atoms with Crippen molar-refractivity contribution in [1.82, 2.24) is 4.98 Å². The highest BCUT2D eigenvalue weighted by atomic mass is 79.9. The highest BCUT2D eigenvalue weighted by Gasteiger charge is 1.97. The maximum atomic E-state index is 8.43. The summed E-state index contributed by atoms with van der Waals surface area (Å²) in [6.45, 7) is 4.00. The van der Waals surface area contributed by atoms with Crippen LogP contribution < -0.4 is 0 Å². The summed E-state index contributed by atoms with van der Waals surface area (Å²) in [5.74, 6) is 0. The summed E-state index contributed by atoms with van der Waals surface area (Å²) in [6, 6.07) is 3.64. The Labute approximate surface area is 86.2 Å². The summed E-state index contributed by atoms with van der Waals surface area (Å²) in [5, 5.41) is 8.43. The topological polar surface area (TPSA) is 36.7 Å². The molecule has 0 saturated heterocycles. The van der Waals surface area contributed by atoms with E-state index in [4.69, 9.17) is 5.26 Å². The van der Waals surface area contributed by atoms with Crippen LogP contribution in [0.15, 0.2) is 21.6 Å². The Morgan fingerprint density at radius 3 is 2.58 bits per heavy atom. The van der Waals surface area contributed by atoms with Crippen molar-refractivity contribution in [3.8, 4) is 6.07 Å². The molecular weight excluding hydrogens is 236 g/mol. The first kappa shape index (κ1) is 11.5. The van der Waals surface area contributed by atoms with Gasteiger partial charge in [-0.25, -0.2) is 4.98 Å². The van der Waals surface area contributed by atoms with Gasteiger partial charge in [0.15, 0.2) is 5.69 Å². The first-order valence-corrected chi connectivity index (χ1v) is 4.72. The van der Waals surface area contributed by atoms with Crippen LogP contribution in [-0.2, 0) is 0 Å². The molecule has 0 atom stereocenters. The molecule has 1 heterocycles. The van der Waals surface area contributed by atoms with Crippen molar-refractivity contribution in [1.29, 1.82) is 5.26 Å². The van der Waals surface area contributed by atoms with Crippen molar-refractivity contribution >= 4 is 28.6 Å². The Bertz CT molecular complexity index is 294. The van der Waals surface area contributed by atoms with Gasteiger partial charge < -0.3 is 0 Å². The first-order chi connectivity index (χ1) is 5.74. The lowest BCUT2D eigenvalue weighted by Crippen LogP contribution is -1.82. The van der Waals surface area contributed by atoms with Crippen LogP contribution in [0.25, 0.3) is 0 Å². The molecule has 0 bridgehead atoms. The molecule has 0 aromatic carbocycles. The average molecular weight is 245 g/mol. The minimum atomic E-state index is 0.353.